The summed E-state index contributed by atoms with van der Waals surface area (Å²) >= 11 is 0. The van der Waals surface area contributed by atoms with E-state index in [0.717, 1.165) is 0 Å². The van der Waals surface area contributed by atoms with Gasteiger partial charge in [-0.05, 0) is 57.1 Å². The summed E-state index contributed by atoms with van der Waals surface area (Å²) in [4.78, 5) is 0. The van der Waals surface area contributed by atoms with Crippen LogP contribution in [0.4, 0.5) is 4.39 Å². The van der Waals surface area contributed by atoms with Gasteiger partial charge in [0.1, 0.15) is 11.6 Å². The van der Waals surface area contributed by atoms with Gasteiger partial charge in [0.05, 0.1) is 6.61 Å². The summed E-state index contributed by atoms with van der Waals surface area (Å²) in [5.74, 6) is 0.479. The molecule has 0 spiro atoms. The zero-order valence-electron chi connectivity index (χ0n) is 9.84. The average Bonchev–Trinajstić information content (AvgIpc) is 2.35. The maximum atomic E-state index is 12.3. The summed E-state index contributed by atoms with van der Waals surface area (Å²) < 4.78 is 17.4. The van der Waals surface area contributed by atoms with Gasteiger partial charge in [0.2, 0.25) is 0 Å². The minimum Gasteiger partial charge on any atom is -0.494 e. The summed E-state index contributed by atoms with van der Waals surface area (Å²) in [7, 11) is 0. The molecule has 90 valence electrons. The molecular formula is C13H20FNO. The Morgan fingerprint density at radius 2 is 1.75 bits per heavy atom. The van der Waals surface area contributed by atoms with E-state index < -0.39 is 0 Å². The highest BCUT2D eigenvalue weighted by atomic mass is 19.1. The highest BCUT2D eigenvalue weighted by Gasteiger charge is 1.93. The first-order chi connectivity index (χ1) is 7.83. The molecule has 16 heavy (non-hydrogen) atoms. The molecule has 1 fully saturated rings. The van der Waals surface area contributed by atoms with E-state index >= 15 is 0 Å². The van der Waals surface area contributed by atoms with Crippen molar-refractivity contribution in [1.82, 2.24) is 5.32 Å². The summed E-state index contributed by atoms with van der Waals surface area (Å²) in [5.41, 5.74) is 0. The second kappa shape index (κ2) is 8.11. The molecule has 1 aromatic carbocycles. The Balaban J connectivity index is 0.000000181. The third kappa shape index (κ3) is 5.71. The van der Waals surface area contributed by atoms with Crippen LogP contribution >= 0.6 is 0 Å². The van der Waals surface area contributed by atoms with Gasteiger partial charge in [-0.3, -0.25) is 0 Å². The van der Waals surface area contributed by atoms with Crippen LogP contribution in [0.1, 0.15) is 26.2 Å². The highest BCUT2D eigenvalue weighted by Crippen LogP contribution is 2.10. The lowest BCUT2D eigenvalue weighted by atomic mass is 10.2. The fourth-order valence-electron chi connectivity index (χ4n) is 1.50. The zero-order valence-corrected chi connectivity index (χ0v) is 9.84. The Hall–Kier alpha value is -1.09. The zero-order chi connectivity index (χ0) is 11.6. The van der Waals surface area contributed by atoms with Crippen LogP contribution in [-0.4, -0.2) is 19.7 Å². The van der Waals surface area contributed by atoms with E-state index in [1.54, 1.807) is 12.1 Å². The summed E-state index contributed by atoms with van der Waals surface area (Å²) in [6.07, 6.45) is 4.22. The molecule has 0 aromatic heterocycles. The first-order valence-corrected chi connectivity index (χ1v) is 5.92. The minimum absolute atomic E-state index is 0.233. The third-order valence-corrected chi connectivity index (χ3v) is 2.33. The maximum absolute atomic E-state index is 12.3. The van der Waals surface area contributed by atoms with Crippen molar-refractivity contribution >= 4 is 0 Å². The van der Waals surface area contributed by atoms with Gasteiger partial charge in [0.25, 0.3) is 0 Å². The van der Waals surface area contributed by atoms with E-state index in [0.29, 0.717) is 12.4 Å². The molecule has 1 aliphatic heterocycles. The summed E-state index contributed by atoms with van der Waals surface area (Å²) in [6, 6.07) is 5.98. The SMILES string of the molecule is C1CCNCC1.CCOc1ccc(F)cc1. The molecule has 0 radical (unpaired) electrons. The molecule has 0 unspecified atom stereocenters. The number of nitrogens with one attached hydrogen (secondary N) is 1. The fourth-order valence-corrected chi connectivity index (χ4v) is 1.50. The summed E-state index contributed by atoms with van der Waals surface area (Å²) in [5, 5.41) is 3.28. The van der Waals surface area contributed by atoms with Crippen LogP contribution in [0.2, 0.25) is 0 Å². The van der Waals surface area contributed by atoms with E-state index in [-0.39, 0.29) is 5.82 Å². The normalized spacial score (nSPS) is 14.9. The van der Waals surface area contributed by atoms with Crippen LogP contribution in [-0.2, 0) is 0 Å². The van der Waals surface area contributed by atoms with Gasteiger partial charge in [0.15, 0.2) is 0 Å². The lowest BCUT2D eigenvalue weighted by Gasteiger charge is -2.08. The molecule has 2 rings (SSSR count). The Labute approximate surface area is 96.8 Å². The monoisotopic (exact) mass is 225 g/mol. The molecule has 0 atom stereocenters. The predicted molar refractivity (Wildman–Crippen MR) is 64.3 cm³/mol. The van der Waals surface area contributed by atoms with Crippen molar-refractivity contribution < 1.29 is 9.13 Å². The maximum Gasteiger partial charge on any atom is 0.123 e. The number of rotatable bonds is 2. The van der Waals surface area contributed by atoms with Crippen molar-refractivity contribution in [2.45, 2.75) is 26.2 Å². The van der Waals surface area contributed by atoms with Crippen LogP contribution in [0.15, 0.2) is 24.3 Å². The molecule has 1 aliphatic rings. The van der Waals surface area contributed by atoms with E-state index in [1.165, 1.54) is 44.5 Å². The molecule has 2 nitrogen and oxygen atoms in total. The van der Waals surface area contributed by atoms with E-state index in [1.807, 2.05) is 6.92 Å². The average molecular weight is 225 g/mol. The van der Waals surface area contributed by atoms with Gasteiger partial charge in [-0.25, -0.2) is 4.39 Å². The second-order valence-electron chi connectivity index (χ2n) is 3.70. The number of halogens is 1. The van der Waals surface area contributed by atoms with Gasteiger partial charge in [0, 0.05) is 0 Å². The van der Waals surface area contributed by atoms with E-state index in [9.17, 15) is 4.39 Å². The van der Waals surface area contributed by atoms with Crippen LogP contribution in [0.3, 0.4) is 0 Å². The summed E-state index contributed by atoms with van der Waals surface area (Å²) in [6.45, 7) is 5.01. The molecule has 1 saturated heterocycles. The first kappa shape index (κ1) is 13.0. The Morgan fingerprint density at radius 1 is 1.12 bits per heavy atom. The first-order valence-electron chi connectivity index (χ1n) is 5.92. The number of benzene rings is 1. The van der Waals surface area contributed by atoms with Crippen LogP contribution in [0.25, 0.3) is 0 Å². The molecule has 1 N–H and O–H groups in total. The number of ether oxygens (including phenoxy) is 1. The van der Waals surface area contributed by atoms with Crippen molar-refractivity contribution in [2.75, 3.05) is 19.7 Å². The number of hydrogen-bond donors (Lipinski definition) is 1. The van der Waals surface area contributed by atoms with Crippen LogP contribution in [0, 0.1) is 5.82 Å². The minimum atomic E-state index is -0.233. The second-order valence-corrected chi connectivity index (χ2v) is 3.70. The smallest absolute Gasteiger partial charge is 0.123 e. The van der Waals surface area contributed by atoms with Crippen molar-refractivity contribution in [3.63, 3.8) is 0 Å². The topological polar surface area (TPSA) is 21.3 Å². The lowest BCUT2D eigenvalue weighted by Crippen LogP contribution is -2.21. The van der Waals surface area contributed by atoms with E-state index in [2.05, 4.69) is 5.32 Å². The quantitative estimate of drug-likeness (QED) is 0.835. The van der Waals surface area contributed by atoms with Gasteiger partial charge in [-0.1, -0.05) is 6.42 Å². The molecule has 0 saturated carbocycles. The van der Waals surface area contributed by atoms with Crippen molar-refractivity contribution in [2.24, 2.45) is 0 Å². The predicted octanol–water partition coefficient (Wildman–Crippen LogP) is 2.98. The molecule has 1 heterocycles. The largest absolute Gasteiger partial charge is 0.494 e. The van der Waals surface area contributed by atoms with Crippen molar-refractivity contribution in [1.29, 1.82) is 0 Å². The molecule has 3 heteroatoms. The lowest BCUT2D eigenvalue weighted by molar-refractivity contribution is 0.339. The fraction of sp³-hybridized carbons (Fsp3) is 0.538. The molecular weight excluding hydrogens is 205 g/mol. The molecule has 0 bridgehead atoms. The van der Waals surface area contributed by atoms with Crippen molar-refractivity contribution in [3.8, 4) is 5.75 Å². The van der Waals surface area contributed by atoms with Gasteiger partial charge in [-0.2, -0.15) is 0 Å². The standard InChI is InChI=1S/C8H9FO.C5H11N/c1-2-10-8-5-3-7(9)4-6-8;1-2-4-6-5-3-1/h3-6H,2H2,1H3;6H,1-5H2. The third-order valence-electron chi connectivity index (χ3n) is 2.33. The Bertz CT molecular complexity index is 258. The number of hydrogen-bond acceptors (Lipinski definition) is 2. The van der Waals surface area contributed by atoms with Crippen molar-refractivity contribution in [3.05, 3.63) is 30.1 Å². The van der Waals surface area contributed by atoms with Crippen LogP contribution in [0.5, 0.6) is 5.75 Å². The molecule has 0 amide bonds. The Kier molecular flexibility index (Phi) is 6.58. The number of piperidine rings is 1. The Morgan fingerprint density at radius 3 is 2.12 bits per heavy atom. The highest BCUT2D eigenvalue weighted by molar-refractivity contribution is 5.21. The van der Waals surface area contributed by atoms with Gasteiger partial charge >= 0.3 is 0 Å². The molecule has 0 aliphatic carbocycles. The van der Waals surface area contributed by atoms with Gasteiger partial charge in [-0.15, -0.1) is 0 Å². The molecule has 1 aromatic rings. The van der Waals surface area contributed by atoms with Gasteiger partial charge < -0.3 is 10.1 Å². The van der Waals surface area contributed by atoms with E-state index in [4.69, 9.17) is 4.74 Å². The van der Waals surface area contributed by atoms with Crippen LogP contribution < -0.4 is 10.1 Å².